The summed E-state index contributed by atoms with van der Waals surface area (Å²) in [5.41, 5.74) is 6.26. The second kappa shape index (κ2) is 6.11. The first kappa shape index (κ1) is 16.2. The molecule has 3 heteroatoms. The van der Waals surface area contributed by atoms with Gasteiger partial charge in [-0.3, -0.25) is 0 Å². The molecule has 0 aliphatic carbocycles. The molecule has 0 saturated carbocycles. The van der Waals surface area contributed by atoms with Crippen LogP contribution in [0.2, 0.25) is 0 Å². The number of fused-ring (bicyclic) bond motifs is 6. The van der Waals surface area contributed by atoms with E-state index in [4.69, 9.17) is 8.83 Å². The molecule has 0 fully saturated rings. The van der Waals surface area contributed by atoms with E-state index in [-0.39, 0.29) is 0 Å². The van der Waals surface area contributed by atoms with Crippen molar-refractivity contribution in [3.63, 3.8) is 0 Å². The summed E-state index contributed by atoms with van der Waals surface area (Å²) in [6.07, 6.45) is 0.844. The van der Waals surface area contributed by atoms with Gasteiger partial charge in [-0.15, -0.1) is 0 Å². The van der Waals surface area contributed by atoms with Crippen LogP contribution in [0.4, 0.5) is 0 Å². The molecule has 0 unspecified atom stereocenters. The van der Waals surface area contributed by atoms with E-state index in [0.29, 0.717) is 0 Å². The van der Waals surface area contributed by atoms with Crippen LogP contribution in [0.1, 0.15) is 11.1 Å². The SMILES string of the molecule is Ic1cccc2c1oc1cc(Cc3ccc4c(c3)oc3ccccc34)ccc12. The molecule has 4 aromatic carbocycles. The van der Waals surface area contributed by atoms with Gasteiger partial charge in [-0.05, 0) is 64.4 Å². The van der Waals surface area contributed by atoms with Crippen molar-refractivity contribution in [2.24, 2.45) is 0 Å². The Morgan fingerprint density at radius 1 is 0.571 bits per heavy atom. The summed E-state index contributed by atoms with van der Waals surface area (Å²) in [4.78, 5) is 0. The third kappa shape index (κ3) is 2.46. The monoisotopic (exact) mass is 474 g/mol. The minimum atomic E-state index is 0.844. The molecule has 0 bridgehead atoms. The van der Waals surface area contributed by atoms with Crippen molar-refractivity contribution in [3.8, 4) is 0 Å². The predicted molar refractivity (Wildman–Crippen MR) is 123 cm³/mol. The molecule has 0 saturated heterocycles. The van der Waals surface area contributed by atoms with Crippen molar-refractivity contribution >= 4 is 66.5 Å². The molecule has 0 spiro atoms. The number of hydrogen-bond donors (Lipinski definition) is 0. The maximum absolute atomic E-state index is 6.15. The van der Waals surface area contributed by atoms with Crippen LogP contribution < -0.4 is 0 Å². The number of hydrogen-bond acceptors (Lipinski definition) is 2. The maximum atomic E-state index is 6.15. The predicted octanol–water partition coefficient (Wildman–Crippen LogP) is 7.68. The quantitative estimate of drug-likeness (QED) is 0.241. The zero-order valence-corrected chi connectivity index (χ0v) is 17.1. The standard InChI is InChI=1S/C25H15IO2/c26-21-6-3-5-20-19-11-9-16(14-24(19)28-25(20)21)12-15-8-10-18-17-4-1-2-7-22(17)27-23(18)13-15/h1-11,13-14H,12H2. The van der Waals surface area contributed by atoms with Gasteiger partial charge < -0.3 is 8.83 Å². The molecule has 6 aromatic rings. The first-order chi connectivity index (χ1) is 13.8. The van der Waals surface area contributed by atoms with Gasteiger partial charge in [0.05, 0.1) is 3.57 Å². The summed E-state index contributed by atoms with van der Waals surface area (Å²) in [6.45, 7) is 0. The van der Waals surface area contributed by atoms with Crippen LogP contribution in [0.15, 0.2) is 87.7 Å². The van der Waals surface area contributed by atoms with Gasteiger partial charge in [0.1, 0.15) is 22.3 Å². The van der Waals surface area contributed by atoms with E-state index in [1.54, 1.807) is 0 Å². The number of para-hydroxylation sites is 2. The van der Waals surface area contributed by atoms with Crippen molar-refractivity contribution < 1.29 is 8.83 Å². The number of halogens is 1. The summed E-state index contributed by atoms with van der Waals surface area (Å²) in [6, 6.07) is 27.5. The first-order valence-electron chi connectivity index (χ1n) is 9.26. The highest BCUT2D eigenvalue weighted by atomic mass is 127. The Morgan fingerprint density at radius 3 is 2.04 bits per heavy atom. The minimum Gasteiger partial charge on any atom is -0.456 e. The third-order valence-corrected chi connectivity index (χ3v) is 6.22. The molecule has 0 atom stereocenters. The zero-order chi connectivity index (χ0) is 18.7. The Hall–Kier alpha value is -2.79. The van der Waals surface area contributed by atoms with Crippen LogP contribution >= 0.6 is 22.6 Å². The normalized spacial score (nSPS) is 11.9. The molecule has 134 valence electrons. The lowest BCUT2D eigenvalue weighted by Gasteiger charge is -2.02. The molecule has 0 amide bonds. The molecule has 2 aromatic heterocycles. The van der Waals surface area contributed by atoms with Crippen LogP contribution in [-0.4, -0.2) is 0 Å². The van der Waals surface area contributed by atoms with E-state index < -0.39 is 0 Å². The Labute approximate surface area is 174 Å². The van der Waals surface area contributed by atoms with Crippen molar-refractivity contribution in [1.29, 1.82) is 0 Å². The molecule has 2 heterocycles. The molecule has 0 aliphatic rings. The molecule has 6 rings (SSSR count). The largest absolute Gasteiger partial charge is 0.456 e. The number of furan rings is 2. The van der Waals surface area contributed by atoms with Gasteiger partial charge in [0.2, 0.25) is 0 Å². The molecule has 0 N–H and O–H groups in total. The first-order valence-corrected chi connectivity index (χ1v) is 10.3. The van der Waals surface area contributed by atoms with Crippen molar-refractivity contribution in [1.82, 2.24) is 0 Å². The van der Waals surface area contributed by atoms with Gasteiger partial charge in [0.25, 0.3) is 0 Å². The fourth-order valence-corrected chi connectivity index (χ4v) is 4.64. The Bertz CT molecular complexity index is 1500. The Morgan fingerprint density at radius 2 is 1.21 bits per heavy atom. The van der Waals surface area contributed by atoms with Gasteiger partial charge in [-0.25, -0.2) is 0 Å². The molecule has 0 radical (unpaired) electrons. The summed E-state index contributed by atoms with van der Waals surface area (Å²) in [7, 11) is 0. The second-order valence-corrected chi connectivity index (χ2v) is 8.32. The lowest BCUT2D eigenvalue weighted by molar-refractivity contribution is 0.666. The smallest absolute Gasteiger partial charge is 0.148 e. The molecule has 28 heavy (non-hydrogen) atoms. The maximum Gasteiger partial charge on any atom is 0.148 e. The fraction of sp³-hybridized carbons (Fsp3) is 0.0400. The van der Waals surface area contributed by atoms with Gasteiger partial charge in [0, 0.05) is 21.5 Å². The Balaban J connectivity index is 1.42. The number of rotatable bonds is 2. The highest BCUT2D eigenvalue weighted by Crippen LogP contribution is 2.33. The molecule has 0 aliphatic heterocycles. The van der Waals surface area contributed by atoms with E-state index in [1.165, 1.54) is 32.7 Å². The average molecular weight is 474 g/mol. The van der Waals surface area contributed by atoms with Gasteiger partial charge in [-0.1, -0.05) is 54.6 Å². The van der Waals surface area contributed by atoms with Crippen LogP contribution in [-0.2, 0) is 6.42 Å². The lowest BCUT2D eigenvalue weighted by atomic mass is 10.0. The third-order valence-electron chi connectivity index (χ3n) is 5.37. The van der Waals surface area contributed by atoms with Gasteiger partial charge >= 0.3 is 0 Å². The van der Waals surface area contributed by atoms with Crippen molar-refractivity contribution in [2.75, 3.05) is 0 Å². The van der Waals surface area contributed by atoms with E-state index in [2.05, 4.69) is 89.3 Å². The number of benzene rings is 4. The van der Waals surface area contributed by atoms with E-state index >= 15 is 0 Å². The highest BCUT2D eigenvalue weighted by Gasteiger charge is 2.11. The molecule has 2 nitrogen and oxygen atoms in total. The van der Waals surface area contributed by atoms with Crippen molar-refractivity contribution in [2.45, 2.75) is 6.42 Å². The average Bonchev–Trinajstić information content (AvgIpc) is 3.26. The fourth-order valence-electron chi connectivity index (χ4n) is 4.03. The minimum absolute atomic E-state index is 0.844. The van der Waals surface area contributed by atoms with Crippen LogP contribution in [0.5, 0.6) is 0 Å². The summed E-state index contributed by atoms with van der Waals surface area (Å²) >= 11 is 2.33. The second-order valence-electron chi connectivity index (χ2n) is 7.15. The summed E-state index contributed by atoms with van der Waals surface area (Å²) in [5.74, 6) is 0. The van der Waals surface area contributed by atoms with Gasteiger partial charge in [-0.2, -0.15) is 0 Å². The summed E-state index contributed by atoms with van der Waals surface area (Å²) in [5, 5.41) is 4.69. The molecular formula is C25H15IO2. The molecular weight excluding hydrogens is 459 g/mol. The van der Waals surface area contributed by atoms with Gasteiger partial charge in [0.15, 0.2) is 0 Å². The zero-order valence-electron chi connectivity index (χ0n) is 14.9. The van der Waals surface area contributed by atoms with Crippen LogP contribution in [0, 0.1) is 3.57 Å². The lowest BCUT2D eigenvalue weighted by Crippen LogP contribution is -1.87. The van der Waals surface area contributed by atoms with E-state index in [0.717, 1.165) is 32.3 Å². The van der Waals surface area contributed by atoms with Crippen molar-refractivity contribution in [3.05, 3.63) is 93.6 Å². The van der Waals surface area contributed by atoms with Crippen LogP contribution in [0.25, 0.3) is 43.9 Å². The highest BCUT2D eigenvalue weighted by molar-refractivity contribution is 14.1. The topological polar surface area (TPSA) is 26.3 Å². The summed E-state index contributed by atoms with van der Waals surface area (Å²) < 4.78 is 13.3. The van der Waals surface area contributed by atoms with E-state index in [9.17, 15) is 0 Å². The van der Waals surface area contributed by atoms with Crippen LogP contribution in [0.3, 0.4) is 0 Å². The Kier molecular flexibility index (Phi) is 3.53. The van der Waals surface area contributed by atoms with E-state index in [1.807, 2.05) is 12.1 Å².